The van der Waals surface area contributed by atoms with Crippen LogP contribution >= 0.6 is 22.7 Å². The van der Waals surface area contributed by atoms with Crippen molar-refractivity contribution in [3.05, 3.63) is 63.6 Å². The van der Waals surface area contributed by atoms with Crippen molar-refractivity contribution in [1.29, 1.82) is 5.26 Å². The number of hydrogen-bond acceptors (Lipinski definition) is 9. The van der Waals surface area contributed by atoms with Gasteiger partial charge in [0.1, 0.15) is 10.9 Å². The van der Waals surface area contributed by atoms with E-state index in [4.69, 9.17) is 0 Å². The minimum Gasteiger partial charge on any atom is -0.383 e. The number of thiazole rings is 1. The molecule has 0 radical (unpaired) electrons. The highest BCUT2D eigenvalue weighted by molar-refractivity contribution is 7.19. The van der Waals surface area contributed by atoms with Crippen molar-refractivity contribution in [3.8, 4) is 6.07 Å². The number of urea groups is 1. The Hall–Kier alpha value is -3.56. The first-order chi connectivity index (χ1) is 19.0. The molecule has 3 aromatic heterocycles. The largest absolute Gasteiger partial charge is 0.383 e. The van der Waals surface area contributed by atoms with Gasteiger partial charge in [-0.3, -0.25) is 10.2 Å². The van der Waals surface area contributed by atoms with Gasteiger partial charge >= 0.3 is 6.03 Å². The Balaban J connectivity index is 1.22. The van der Waals surface area contributed by atoms with Gasteiger partial charge in [-0.1, -0.05) is 18.2 Å². The van der Waals surface area contributed by atoms with Crippen molar-refractivity contribution in [2.75, 3.05) is 56.2 Å². The number of rotatable bonds is 10. The summed E-state index contributed by atoms with van der Waals surface area (Å²) in [5.41, 5.74) is 3.51. The van der Waals surface area contributed by atoms with Crippen molar-refractivity contribution in [2.45, 2.75) is 25.8 Å². The topological polar surface area (TPSA) is 109 Å². The lowest BCUT2D eigenvalue weighted by atomic mass is 10.0. The molecular formula is C28H32N8OS2. The minimum atomic E-state index is -0.323. The summed E-state index contributed by atoms with van der Waals surface area (Å²) in [6.45, 7) is 4.80. The number of nitriles is 1. The fourth-order valence-electron chi connectivity index (χ4n) is 4.76. The molecule has 0 unspecified atom stereocenters. The quantitative estimate of drug-likeness (QED) is 0.244. The van der Waals surface area contributed by atoms with Crippen LogP contribution < -0.4 is 16.0 Å². The maximum atomic E-state index is 12.3. The zero-order valence-electron chi connectivity index (χ0n) is 22.2. The zero-order valence-corrected chi connectivity index (χ0v) is 23.8. The second-order valence-corrected chi connectivity index (χ2v) is 12.0. The number of hydrogen-bond donors (Lipinski definition) is 3. The Bertz CT molecular complexity index is 1470. The number of amides is 2. The summed E-state index contributed by atoms with van der Waals surface area (Å²) in [6, 6.07) is 11.3. The Labute approximate surface area is 236 Å². The number of benzene rings is 1. The third kappa shape index (κ3) is 6.72. The molecule has 11 heteroatoms. The van der Waals surface area contributed by atoms with Crippen LogP contribution in [0.2, 0.25) is 0 Å². The molecule has 4 heterocycles. The molecule has 0 saturated heterocycles. The fourth-order valence-corrected chi connectivity index (χ4v) is 6.80. The third-order valence-corrected chi connectivity index (χ3v) is 8.72. The van der Waals surface area contributed by atoms with Gasteiger partial charge in [-0.05, 0) is 57.7 Å². The van der Waals surface area contributed by atoms with E-state index in [9.17, 15) is 10.1 Å². The number of nitrogens with one attached hydrogen (secondary N) is 3. The van der Waals surface area contributed by atoms with E-state index in [0.717, 1.165) is 71.9 Å². The van der Waals surface area contributed by atoms with E-state index in [1.54, 1.807) is 23.7 Å². The Morgan fingerprint density at radius 2 is 2.00 bits per heavy atom. The van der Waals surface area contributed by atoms with Crippen LogP contribution in [0.5, 0.6) is 0 Å². The minimum absolute atomic E-state index is 0.323. The van der Waals surface area contributed by atoms with Crippen molar-refractivity contribution in [3.63, 3.8) is 0 Å². The first-order valence-electron chi connectivity index (χ1n) is 13.0. The van der Waals surface area contributed by atoms with Gasteiger partial charge in [0.15, 0.2) is 5.13 Å². The number of carbonyl (C=O) groups is 1. The van der Waals surface area contributed by atoms with Crippen molar-refractivity contribution >= 4 is 55.4 Å². The number of fused-ring (bicyclic) bond motifs is 3. The lowest BCUT2D eigenvalue weighted by molar-refractivity contribution is 0.241. The van der Waals surface area contributed by atoms with Crippen LogP contribution in [0.25, 0.3) is 10.2 Å². The molecule has 1 aromatic carbocycles. The molecule has 0 spiro atoms. The average Bonchev–Trinajstić information content (AvgIpc) is 3.52. The lowest BCUT2D eigenvalue weighted by Gasteiger charge is -2.27. The molecule has 0 bridgehead atoms. The maximum absolute atomic E-state index is 12.3. The number of thiophene rings is 1. The van der Waals surface area contributed by atoms with Gasteiger partial charge < -0.3 is 15.5 Å². The monoisotopic (exact) mass is 560 g/mol. The van der Waals surface area contributed by atoms with Crippen LogP contribution in [-0.4, -0.2) is 66.1 Å². The molecule has 1 aliphatic heterocycles. The number of para-hydroxylation sites is 1. The second kappa shape index (κ2) is 12.5. The van der Waals surface area contributed by atoms with E-state index in [1.165, 1.54) is 21.8 Å². The van der Waals surface area contributed by atoms with Gasteiger partial charge in [0.2, 0.25) is 0 Å². The summed E-state index contributed by atoms with van der Waals surface area (Å²) < 4.78 is 0. The maximum Gasteiger partial charge on any atom is 0.325 e. The van der Waals surface area contributed by atoms with Crippen LogP contribution in [-0.2, 0) is 19.4 Å². The highest BCUT2D eigenvalue weighted by Crippen LogP contribution is 2.39. The third-order valence-electron chi connectivity index (χ3n) is 6.63. The number of carbonyl (C=O) groups excluding carboxylic acids is 1. The summed E-state index contributed by atoms with van der Waals surface area (Å²) >= 11 is 3.20. The lowest BCUT2D eigenvalue weighted by Crippen LogP contribution is -2.32. The number of pyridine rings is 1. The molecule has 39 heavy (non-hydrogen) atoms. The van der Waals surface area contributed by atoms with Gasteiger partial charge in [-0.2, -0.15) is 5.26 Å². The molecular weight excluding hydrogens is 528 g/mol. The molecule has 2 amide bonds. The molecule has 1 aliphatic rings. The predicted molar refractivity (Wildman–Crippen MR) is 160 cm³/mol. The zero-order chi connectivity index (χ0) is 27.2. The van der Waals surface area contributed by atoms with E-state index < -0.39 is 0 Å². The van der Waals surface area contributed by atoms with E-state index in [-0.39, 0.29) is 6.03 Å². The number of aromatic nitrogens is 2. The van der Waals surface area contributed by atoms with E-state index in [0.29, 0.717) is 17.2 Å². The fraction of sp³-hybridized carbons (Fsp3) is 0.357. The Morgan fingerprint density at radius 3 is 2.79 bits per heavy atom. The summed E-state index contributed by atoms with van der Waals surface area (Å²) in [4.78, 5) is 29.4. The van der Waals surface area contributed by atoms with Crippen LogP contribution in [0.3, 0.4) is 0 Å². The summed E-state index contributed by atoms with van der Waals surface area (Å²) in [7, 11) is 4.23. The van der Waals surface area contributed by atoms with Crippen molar-refractivity contribution in [1.82, 2.24) is 19.8 Å². The van der Waals surface area contributed by atoms with Crippen molar-refractivity contribution in [2.24, 2.45) is 0 Å². The average molecular weight is 561 g/mol. The van der Waals surface area contributed by atoms with Crippen LogP contribution in [0.1, 0.15) is 27.3 Å². The van der Waals surface area contributed by atoms with E-state index >= 15 is 0 Å². The van der Waals surface area contributed by atoms with Crippen LogP contribution in [0.4, 0.5) is 21.3 Å². The second-order valence-electron chi connectivity index (χ2n) is 9.78. The van der Waals surface area contributed by atoms with Gasteiger partial charge in [0, 0.05) is 59.3 Å². The SMILES string of the molecule is CN(C)CCCN1CCc2c(sc3ncc(C#N)c(NCCc4cnc(NC(=O)Nc5ccccc5)s4)c23)C1. The Kier molecular flexibility index (Phi) is 8.68. The molecule has 0 fully saturated rings. The van der Waals surface area contributed by atoms with Gasteiger partial charge in [0.05, 0.1) is 11.3 Å². The van der Waals surface area contributed by atoms with Gasteiger partial charge in [-0.25, -0.2) is 14.8 Å². The van der Waals surface area contributed by atoms with E-state index in [2.05, 4.69) is 55.9 Å². The summed E-state index contributed by atoms with van der Waals surface area (Å²) in [5, 5.41) is 20.6. The van der Waals surface area contributed by atoms with E-state index in [1.807, 2.05) is 30.3 Å². The molecule has 4 aromatic rings. The summed E-state index contributed by atoms with van der Waals surface area (Å²) in [6.07, 6.45) is 6.32. The number of anilines is 3. The molecule has 0 saturated carbocycles. The highest BCUT2D eigenvalue weighted by Gasteiger charge is 2.24. The standard InChI is InChI=1S/C28H32N8OS2/c1-35(2)12-6-13-36-14-10-22-23(18-36)39-26-24(22)25(19(15-29)16-31-26)30-11-9-21-17-32-28(38-21)34-27(37)33-20-7-4-3-5-8-20/h3-5,7-8,16-17H,6,9-14,18H2,1-2H3,(H,30,31)(H2,32,33,34,37). The molecule has 3 N–H and O–H groups in total. The predicted octanol–water partition coefficient (Wildman–Crippen LogP) is 5.23. The molecule has 5 rings (SSSR count). The smallest absolute Gasteiger partial charge is 0.325 e. The van der Waals surface area contributed by atoms with Crippen LogP contribution in [0, 0.1) is 11.3 Å². The first kappa shape index (κ1) is 27.0. The van der Waals surface area contributed by atoms with Crippen molar-refractivity contribution < 1.29 is 4.79 Å². The normalized spacial score (nSPS) is 13.3. The molecule has 202 valence electrons. The van der Waals surface area contributed by atoms with Crippen LogP contribution in [0.15, 0.2) is 42.7 Å². The number of nitrogens with zero attached hydrogens (tertiary/aromatic N) is 5. The van der Waals surface area contributed by atoms with Gasteiger partial charge in [0.25, 0.3) is 0 Å². The molecule has 9 nitrogen and oxygen atoms in total. The Morgan fingerprint density at radius 1 is 1.15 bits per heavy atom. The first-order valence-corrected chi connectivity index (χ1v) is 14.7. The highest BCUT2D eigenvalue weighted by atomic mass is 32.1. The molecule has 0 aliphatic carbocycles. The summed E-state index contributed by atoms with van der Waals surface area (Å²) in [5.74, 6) is 0. The van der Waals surface area contributed by atoms with Gasteiger partial charge in [-0.15, -0.1) is 22.7 Å². The molecule has 0 atom stereocenters.